The molecule has 0 aromatic carbocycles. The number of carboxylic acid groups (broad SMARTS) is 1. The monoisotopic (exact) mass is 1080 g/mol. The summed E-state index contributed by atoms with van der Waals surface area (Å²) in [7, 11) is 0. The van der Waals surface area contributed by atoms with E-state index in [9.17, 15) is 34.5 Å². The third kappa shape index (κ3) is 43.0. The van der Waals surface area contributed by atoms with E-state index in [-0.39, 0.29) is 25.9 Å². The standard InChI is InChI=1S/C65H112O12/c1-4-7-10-13-16-19-22-25-27-28-29-30-32-35-38-41-44-47-50-53-59(68)76-63-61(70)60(69)62(64(71)72)77-65(63)74-55-56(75-58(67)52-49-46-43-40-37-33-24-21-18-15-12-9-6-3)54-73-57(66)51-48-45-42-39-36-34-31-26-23-20-17-14-11-8-5-2/h16-17,19-20,25-27,29-31,56,60-63,65,69-70H,4-15,18,21-24,28,32-55H2,1-3H3,(H,71,72)/b19-16-,20-17-,27-25-,30-29-,31-26-. The number of rotatable bonds is 53. The molecular weight excluding hydrogens is 973 g/mol. The van der Waals surface area contributed by atoms with E-state index in [1.54, 1.807) is 0 Å². The Balaban J connectivity index is 2.67. The summed E-state index contributed by atoms with van der Waals surface area (Å²) in [6, 6.07) is 0. The van der Waals surface area contributed by atoms with Crippen molar-refractivity contribution in [1.29, 1.82) is 0 Å². The molecule has 0 aromatic heterocycles. The summed E-state index contributed by atoms with van der Waals surface area (Å²) < 4.78 is 28.5. The molecule has 1 aliphatic rings. The Morgan fingerprint density at radius 2 is 0.779 bits per heavy atom. The van der Waals surface area contributed by atoms with Gasteiger partial charge in [0, 0.05) is 19.3 Å². The van der Waals surface area contributed by atoms with Crippen LogP contribution in [0.2, 0.25) is 0 Å². The van der Waals surface area contributed by atoms with Gasteiger partial charge in [-0.25, -0.2) is 4.79 Å². The molecule has 444 valence electrons. The molecule has 77 heavy (non-hydrogen) atoms. The van der Waals surface area contributed by atoms with Gasteiger partial charge in [0.2, 0.25) is 0 Å². The van der Waals surface area contributed by atoms with Crippen molar-refractivity contribution in [3.8, 4) is 0 Å². The first-order valence-electron chi connectivity index (χ1n) is 31.3. The van der Waals surface area contributed by atoms with E-state index >= 15 is 0 Å². The van der Waals surface area contributed by atoms with Crippen molar-refractivity contribution in [2.24, 2.45) is 0 Å². The zero-order chi connectivity index (χ0) is 56.1. The Morgan fingerprint density at radius 3 is 1.21 bits per heavy atom. The van der Waals surface area contributed by atoms with E-state index in [2.05, 4.69) is 81.5 Å². The van der Waals surface area contributed by atoms with Crippen LogP contribution in [0, 0.1) is 0 Å². The van der Waals surface area contributed by atoms with E-state index in [0.29, 0.717) is 19.3 Å². The third-order valence-corrected chi connectivity index (χ3v) is 14.1. The maximum Gasteiger partial charge on any atom is 0.335 e. The lowest BCUT2D eigenvalue weighted by Gasteiger charge is -2.40. The van der Waals surface area contributed by atoms with Crippen molar-refractivity contribution in [3.05, 3.63) is 60.8 Å². The van der Waals surface area contributed by atoms with Gasteiger partial charge in [0.25, 0.3) is 0 Å². The summed E-state index contributed by atoms with van der Waals surface area (Å²) >= 11 is 0. The predicted molar refractivity (Wildman–Crippen MR) is 312 cm³/mol. The van der Waals surface area contributed by atoms with Crippen LogP contribution < -0.4 is 0 Å². The van der Waals surface area contributed by atoms with Crippen molar-refractivity contribution in [2.45, 2.75) is 314 Å². The second-order valence-electron chi connectivity index (χ2n) is 21.3. The number of carbonyl (C=O) groups is 4. The molecule has 1 saturated heterocycles. The fraction of sp³-hybridized carbons (Fsp3) is 0.785. The first-order chi connectivity index (χ1) is 37.6. The molecule has 0 bridgehead atoms. The molecule has 0 amide bonds. The molecule has 3 N–H and O–H groups in total. The second-order valence-corrected chi connectivity index (χ2v) is 21.3. The first kappa shape index (κ1) is 71.4. The summed E-state index contributed by atoms with van der Waals surface area (Å²) in [4.78, 5) is 51.2. The minimum Gasteiger partial charge on any atom is -0.479 e. The number of ether oxygens (including phenoxy) is 5. The zero-order valence-corrected chi connectivity index (χ0v) is 49.0. The van der Waals surface area contributed by atoms with Gasteiger partial charge in [0.1, 0.15) is 18.8 Å². The van der Waals surface area contributed by atoms with Crippen LogP contribution in [0.25, 0.3) is 0 Å². The van der Waals surface area contributed by atoms with Crippen molar-refractivity contribution < 1.29 is 58.2 Å². The van der Waals surface area contributed by atoms with E-state index < -0.39 is 67.3 Å². The lowest BCUT2D eigenvalue weighted by molar-refractivity contribution is -0.301. The number of unbranched alkanes of at least 4 members (excludes halogenated alkanes) is 29. The smallest absolute Gasteiger partial charge is 0.335 e. The highest BCUT2D eigenvalue weighted by atomic mass is 16.7. The third-order valence-electron chi connectivity index (χ3n) is 14.1. The average molecular weight is 1090 g/mol. The Bertz CT molecular complexity index is 1570. The van der Waals surface area contributed by atoms with Crippen LogP contribution in [0.3, 0.4) is 0 Å². The number of aliphatic hydroxyl groups excluding tert-OH is 2. The number of hydrogen-bond donors (Lipinski definition) is 3. The minimum atomic E-state index is -1.91. The van der Waals surface area contributed by atoms with Crippen LogP contribution >= 0.6 is 0 Å². The lowest BCUT2D eigenvalue weighted by Crippen LogP contribution is -2.61. The van der Waals surface area contributed by atoms with E-state index in [1.165, 1.54) is 103 Å². The highest BCUT2D eigenvalue weighted by Gasteiger charge is 2.50. The number of esters is 3. The van der Waals surface area contributed by atoms with Crippen molar-refractivity contribution in [2.75, 3.05) is 13.2 Å². The van der Waals surface area contributed by atoms with Gasteiger partial charge in [-0.2, -0.15) is 0 Å². The van der Waals surface area contributed by atoms with Gasteiger partial charge in [-0.15, -0.1) is 0 Å². The summed E-state index contributed by atoms with van der Waals surface area (Å²) in [6.45, 7) is 5.94. The van der Waals surface area contributed by atoms with Crippen LogP contribution in [-0.4, -0.2) is 89.2 Å². The Hall–Kier alpha value is -3.58. The van der Waals surface area contributed by atoms with Gasteiger partial charge in [0.05, 0.1) is 6.61 Å². The molecule has 12 nitrogen and oxygen atoms in total. The van der Waals surface area contributed by atoms with Crippen LogP contribution in [0.15, 0.2) is 60.8 Å². The summed E-state index contributed by atoms with van der Waals surface area (Å²) in [5.41, 5.74) is 0. The molecule has 1 fully saturated rings. The molecule has 0 saturated carbocycles. The van der Waals surface area contributed by atoms with Gasteiger partial charge >= 0.3 is 23.9 Å². The van der Waals surface area contributed by atoms with Crippen molar-refractivity contribution in [3.63, 3.8) is 0 Å². The first-order valence-corrected chi connectivity index (χ1v) is 31.3. The minimum absolute atomic E-state index is 0.0450. The number of aliphatic hydroxyl groups is 2. The molecule has 6 unspecified atom stereocenters. The largest absolute Gasteiger partial charge is 0.479 e. The summed E-state index contributed by atoms with van der Waals surface area (Å²) in [5, 5.41) is 31.5. The lowest BCUT2D eigenvalue weighted by atomic mass is 9.98. The Labute approximate surface area is 468 Å². The van der Waals surface area contributed by atoms with Crippen LogP contribution in [0.4, 0.5) is 0 Å². The maximum absolute atomic E-state index is 13.1. The maximum atomic E-state index is 13.1. The average Bonchev–Trinajstić information content (AvgIpc) is 3.42. The van der Waals surface area contributed by atoms with Gasteiger partial charge in [-0.05, 0) is 89.9 Å². The predicted octanol–water partition coefficient (Wildman–Crippen LogP) is 16.3. The number of allylic oxidation sites excluding steroid dienone is 10. The second kappa shape index (κ2) is 53.1. The van der Waals surface area contributed by atoms with Gasteiger partial charge in [0.15, 0.2) is 24.6 Å². The number of carbonyl (C=O) groups excluding carboxylic acids is 3. The summed E-state index contributed by atoms with van der Waals surface area (Å²) in [6.07, 6.45) is 53.2. The molecule has 0 spiro atoms. The molecule has 0 aromatic rings. The van der Waals surface area contributed by atoms with E-state index in [1.807, 2.05) is 0 Å². The molecule has 1 aliphatic heterocycles. The zero-order valence-electron chi connectivity index (χ0n) is 49.0. The topological polar surface area (TPSA) is 175 Å². The van der Waals surface area contributed by atoms with Gasteiger partial charge < -0.3 is 39.0 Å². The van der Waals surface area contributed by atoms with Crippen LogP contribution in [0.1, 0.15) is 278 Å². The highest BCUT2D eigenvalue weighted by Crippen LogP contribution is 2.26. The number of carboxylic acids is 1. The van der Waals surface area contributed by atoms with Gasteiger partial charge in [-0.1, -0.05) is 229 Å². The van der Waals surface area contributed by atoms with Crippen molar-refractivity contribution in [1.82, 2.24) is 0 Å². The quantitative estimate of drug-likeness (QED) is 0.0228. The fourth-order valence-corrected chi connectivity index (χ4v) is 9.23. The molecule has 1 rings (SSSR count). The summed E-state index contributed by atoms with van der Waals surface area (Å²) in [5.74, 6) is -3.14. The molecule has 6 atom stereocenters. The van der Waals surface area contributed by atoms with Crippen LogP contribution in [0.5, 0.6) is 0 Å². The highest BCUT2D eigenvalue weighted by molar-refractivity contribution is 5.74. The van der Waals surface area contributed by atoms with Crippen LogP contribution in [-0.2, 0) is 42.9 Å². The Kier molecular flexibility index (Phi) is 49.2. The normalized spacial score (nSPS) is 18.4. The molecule has 12 heteroatoms. The van der Waals surface area contributed by atoms with Crippen molar-refractivity contribution >= 4 is 23.9 Å². The number of aliphatic carboxylic acids is 1. The molecule has 0 aliphatic carbocycles. The van der Waals surface area contributed by atoms with E-state index in [0.717, 1.165) is 116 Å². The Morgan fingerprint density at radius 1 is 0.429 bits per heavy atom. The van der Waals surface area contributed by atoms with Gasteiger partial charge in [-0.3, -0.25) is 14.4 Å². The SMILES string of the molecule is CCCCC/C=C\C/C=C\C/C=C\CCCCCCCCC(=O)OC1C(OCC(COC(=O)CCCCCCC/C=C\C/C=C\CCCCC)OC(=O)CCCCCCCCCCCCCCC)OC(C(=O)O)C(O)C1O. The van der Waals surface area contributed by atoms with E-state index in [4.69, 9.17) is 23.7 Å². The molecular formula is C65H112O12. The number of hydrogen-bond acceptors (Lipinski definition) is 11. The fourth-order valence-electron chi connectivity index (χ4n) is 9.23. The molecule has 1 heterocycles. The molecule has 0 radical (unpaired) electrons.